The Balaban J connectivity index is 2.69. The SMILES string of the molecule is C[C@@H]1CCC(C)(OC(C)(C)C)C(=O)C1. The Morgan fingerprint density at radius 2 is 2.00 bits per heavy atom. The number of rotatable bonds is 1. The van der Waals surface area contributed by atoms with E-state index < -0.39 is 5.60 Å². The third-order valence-corrected chi connectivity index (χ3v) is 2.77. The Labute approximate surface area is 87.0 Å². The smallest absolute Gasteiger partial charge is 0.164 e. The van der Waals surface area contributed by atoms with Crippen molar-refractivity contribution in [3.63, 3.8) is 0 Å². The van der Waals surface area contributed by atoms with Gasteiger partial charge in [-0.2, -0.15) is 0 Å². The van der Waals surface area contributed by atoms with Crippen LogP contribution in [0.2, 0.25) is 0 Å². The third kappa shape index (κ3) is 2.81. The van der Waals surface area contributed by atoms with Gasteiger partial charge in [0.2, 0.25) is 0 Å². The van der Waals surface area contributed by atoms with Crippen LogP contribution in [-0.4, -0.2) is 17.0 Å². The molecule has 0 aliphatic heterocycles. The van der Waals surface area contributed by atoms with Crippen LogP contribution in [0.3, 0.4) is 0 Å². The van der Waals surface area contributed by atoms with Gasteiger partial charge in [-0.15, -0.1) is 0 Å². The molecule has 0 aromatic carbocycles. The number of carbonyl (C=O) groups excluding carboxylic acids is 1. The summed E-state index contributed by atoms with van der Waals surface area (Å²) in [5, 5.41) is 0. The molecule has 0 amide bonds. The minimum Gasteiger partial charge on any atom is -0.362 e. The molecule has 0 N–H and O–H groups in total. The summed E-state index contributed by atoms with van der Waals surface area (Å²) < 4.78 is 5.88. The summed E-state index contributed by atoms with van der Waals surface area (Å²) in [4.78, 5) is 11.9. The first kappa shape index (κ1) is 11.7. The largest absolute Gasteiger partial charge is 0.362 e. The van der Waals surface area contributed by atoms with Gasteiger partial charge in [0, 0.05) is 6.42 Å². The number of Topliss-reactive ketones (excluding diaryl/α,β-unsaturated/α-hetero) is 1. The van der Waals surface area contributed by atoms with Crippen LogP contribution < -0.4 is 0 Å². The highest BCUT2D eigenvalue weighted by atomic mass is 16.5. The summed E-state index contributed by atoms with van der Waals surface area (Å²) in [6.45, 7) is 10.1. The van der Waals surface area contributed by atoms with Crippen molar-refractivity contribution in [1.29, 1.82) is 0 Å². The summed E-state index contributed by atoms with van der Waals surface area (Å²) >= 11 is 0. The lowest BCUT2D eigenvalue weighted by atomic mass is 9.79. The first-order valence-electron chi connectivity index (χ1n) is 5.46. The average molecular weight is 198 g/mol. The van der Waals surface area contributed by atoms with Crippen molar-refractivity contribution >= 4 is 5.78 Å². The van der Waals surface area contributed by atoms with E-state index in [1.165, 1.54) is 0 Å². The maximum atomic E-state index is 11.9. The van der Waals surface area contributed by atoms with E-state index in [2.05, 4.69) is 6.92 Å². The normalized spacial score (nSPS) is 34.6. The zero-order chi connectivity index (χ0) is 11.0. The van der Waals surface area contributed by atoms with Gasteiger partial charge in [-0.25, -0.2) is 0 Å². The van der Waals surface area contributed by atoms with Crippen LogP contribution >= 0.6 is 0 Å². The van der Waals surface area contributed by atoms with Gasteiger partial charge in [-0.3, -0.25) is 4.79 Å². The molecule has 0 bridgehead atoms. The van der Waals surface area contributed by atoms with E-state index in [1.807, 2.05) is 27.7 Å². The maximum Gasteiger partial charge on any atom is 0.164 e. The second-order valence-electron chi connectivity index (χ2n) is 5.72. The van der Waals surface area contributed by atoms with E-state index in [0.717, 1.165) is 12.8 Å². The van der Waals surface area contributed by atoms with E-state index in [1.54, 1.807) is 0 Å². The molecule has 2 heteroatoms. The van der Waals surface area contributed by atoms with E-state index in [-0.39, 0.29) is 11.4 Å². The molecular formula is C12H22O2. The highest BCUT2D eigenvalue weighted by Gasteiger charge is 2.41. The van der Waals surface area contributed by atoms with Gasteiger partial charge in [0.15, 0.2) is 5.78 Å². The summed E-state index contributed by atoms with van der Waals surface area (Å²) in [5.41, 5.74) is -0.768. The highest BCUT2D eigenvalue weighted by molar-refractivity contribution is 5.87. The van der Waals surface area contributed by atoms with Crippen LogP contribution in [0.1, 0.15) is 53.9 Å². The fourth-order valence-electron chi connectivity index (χ4n) is 2.08. The Morgan fingerprint density at radius 3 is 2.43 bits per heavy atom. The molecule has 0 aromatic heterocycles. The summed E-state index contributed by atoms with van der Waals surface area (Å²) in [6, 6.07) is 0. The van der Waals surface area contributed by atoms with Gasteiger partial charge < -0.3 is 4.74 Å². The molecule has 1 aliphatic carbocycles. The molecule has 14 heavy (non-hydrogen) atoms. The molecule has 1 aliphatic rings. The van der Waals surface area contributed by atoms with Crippen molar-refractivity contribution in [3.05, 3.63) is 0 Å². The minimum absolute atomic E-state index is 0.231. The predicted octanol–water partition coefficient (Wildman–Crippen LogP) is 2.95. The second-order valence-corrected chi connectivity index (χ2v) is 5.72. The van der Waals surface area contributed by atoms with Crippen LogP contribution in [0.5, 0.6) is 0 Å². The minimum atomic E-state index is -0.537. The maximum absolute atomic E-state index is 11.9. The molecule has 1 fully saturated rings. The van der Waals surface area contributed by atoms with E-state index in [4.69, 9.17) is 4.74 Å². The van der Waals surface area contributed by atoms with Crippen molar-refractivity contribution in [2.75, 3.05) is 0 Å². The summed E-state index contributed by atoms with van der Waals surface area (Å²) in [7, 11) is 0. The quantitative estimate of drug-likeness (QED) is 0.647. The standard InChI is InChI=1S/C12H22O2/c1-9-6-7-12(5,10(13)8-9)14-11(2,3)4/h9H,6-8H2,1-5H3/t9-,12?/m1/s1. The molecule has 0 aromatic rings. The molecule has 1 saturated carbocycles. The molecule has 82 valence electrons. The van der Waals surface area contributed by atoms with Crippen LogP contribution in [0.25, 0.3) is 0 Å². The first-order chi connectivity index (χ1) is 6.23. The molecule has 2 atom stereocenters. The molecule has 0 spiro atoms. The van der Waals surface area contributed by atoms with Gasteiger partial charge in [0.05, 0.1) is 5.60 Å². The molecule has 0 radical (unpaired) electrons. The molecule has 2 nitrogen and oxygen atoms in total. The molecule has 0 saturated heterocycles. The third-order valence-electron chi connectivity index (χ3n) is 2.77. The number of hydrogen-bond donors (Lipinski definition) is 0. The topological polar surface area (TPSA) is 26.3 Å². The second kappa shape index (κ2) is 3.65. The van der Waals surface area contributed by atoms with Gasteiger partial charge in [-0.1, -0.05) is 6.92 Å². The van der Waals surface area contributed by atoms with Crippen molar-refractivity contribution in [1.82, 2.24) is 0 Å². The monoisotopic (exact) mass is 198 g/mol. The van der Waals surface area contributed by atoms with Gasteiger partial charge in [0.1, 0.15) is 5.60 Å². The Hall–Kier alpha value is -0.370. The van der Waals surface area contributed by atoms with Gasteiger partial charge >= 0.3 is 0 Å². The van der Waals surface area contributed by atoms with E-state index >= 15 is 0 Å². The van der Waals surface area contributed by atoms with Crippen molar-refractivity contribution < 1.29 is 9.53 Å². The first-order valence-corrected chi connectivity index (χ1v) is 5.46. The molecule has 1 rings (SSSR count). The van der Waals surface area contributed by atoms with E-state index in [9.17, 15) is 4.79 Å². The lowest BCUT2D eigenvalue weighted by Crippen LogP contribution is -2.47. The van der Waals surface area contributed by atoms with Crippen LogP contribution in [-0.2, 0) is 9.53 Å². The van der Waals surface area contributed by atoms with Gasteiger partial charge in [-0.05, 0) is 46.5 Å². The number of carbonyl (C=O) groups is 1. The molecular weight excluding hydrogens is 176 g/mol. The predicted molar refractivity (Wildman–Crippen MR) is 57.3 cm³/mol. The zero-order valence-corrected chi connectivity index (χ0v) is 10.0. The fourth-order valence-corrected chi connectivity index (χ4v) is 2.08. The number of hydrogen-bond acceptors (Lipinski definition) is 2. The molecule has 1 unspecified atom stereocenters. The fraction of sp³-hybridized carbons (Fsp3) is 0.917. The Kier molecular flexibility index (Phi) is 3.05. The van der Waals surface area contributed by atoms with Gasteiger partial charge in [0.25, 0.3) is 0 Å². The highest BCUT2D eigenvalue weighted by Crippen LogP contribution is 2.34. The lowest BCUT2D eigenvalue weighted by molar-refractivity contribution is -0.169. The number of ketones is 1. The Morgan fingerprint density at radius 1 is 1.43 bits per heavy atom. The Bertz CT molecular complexity index is 227. The summed E-state index contributed by atoms with van der Waals surface area (Å²) in [6.07, 6.45) is 2.63. The van der Waals surface area contributed by atoms with Crippen LogP contribution in [0, 0.1) is 5.92 Å². The van der Waals surface area contributed by atoms with Crippen LogP contribution in [0.4, 0.5) is 0 Å². The van der Waals surface area contributed by atoms with E-state index in [0.29, 0.717) is 12.3 Å². The number of ether oxygens (including phenoxy) is 1. The lowest BCUT2D eigenvalue weighted by Gasteiger charge is -2.39. The van der Waals surface area contributed by atoms with Crippen molar-refractivity contribution in [2.45, 2.75) is 65.1 Å². The summed E-state index contributed by atoms with van der Waals surface area (Å²) in [5.74, 6) is 0.797. The van der Waals surface area contributed by atoms with Crippen molar-refractivity contribution in [3.8, 4) is 0 Å². The zero-order valence-electron chi connectivity index (χ0n) is 10.0. The molecule has 0 heterocycles. The average Bonchev–Trinajstić information content (AvgIpc) is 1.95. The van der Waals surface area contributed by atoms with Crippen LogP contribution in [0.15, 0.2) is 0 Å². The van der Waals surface area contributed by atoms with Crippen molar-refractivity contribution in [2.24, 2.45) is 5.92 Å².